The fraction of sp³-hybridized carbons (Fsp3) is 0.217. The van der Waals surface area contributed by atoms with E-state index in [2.05, 4.69) is 73.2 Å². The van der Waals surface area contributed by atoms with Crippen molar-refractivity contribution in [2.75, 3.05) is 6.66 Å². The molecular weight excluding hydrogens is 321 g/mol. The maximum absolute atomic E-state index is 5.57. The topological polar surface area (TPSA) is 12.0 Å². The maximum Gasteiger partial charge on any atom is 0.0168 e. The summed E-state index contributed by atoms with van der Waals surface area (Å²) in [5, 5.41) is 4.82. The standard InChI is InChI=1S/C23H26NP/c1-5-12-21(20-13-8-7-9-14-20)18-19(3)22-15-10-11-16-23(22)25(4)24-17-6-2/h1,6-8,10-13,15-18,24H,9,14H2,2-4H3/b17-6-,19-18+,21-12+. The van der Waals surface area contributed by atoms with Gasteiger partial charge in [0.05, 0.1) is 0 Å². The minimum atomic E-state index is -0.445. The number of benzene rings is 1. The van der Waals surface area contributed by atoms with Crippen molar-refractivity contribution in [2.24, 2.45) is 0 Å². The molecule has 1 N–H and O–H groups in total. The van der Waals surface area contributed by atoms with E-state index in [1.807, 2.05) is 25.3 Å². The van der Waals surface area contributed by atoms with Gasteiger partial charge >= 0.3 is 0 Å². The van der Waals surface area contributed by atoms with Crippen molar-refractivity contribution >= 4 is 18.9 Å². The lowest BCUT2D eigenvalue weighted by Crippen LogP contribution is -2.13. The second kappa shape index (κ2) is 9.87. The molecule has 0 aromatic heterocycles. The van der Waals surface area contributed by atoms with Gasteiger partial charge in [0.25, 0.3) is 0 Å². The van der Waals surface area contributed by atoms with Crippen LogP contribution in [-0.2, 0) is 0 Å². The summed E-state index contributed by atoms with van der Waals surface area (Å²) in [6.45, 7) is 6.44. The molecule has 25 heavy (non-hydrogen) atoms. The number of rotatable bonds is 6. The molecule has 0 bridgehead atoms. The van der Waals surface area contributed by atoms with E-state index >= 15 is 0 Å². The Bertz CT molecular complexity index is 785. The van der Waals surface area contributed by atoms with Crippen molar-refractivity contribution in [1.82, 2.24) is 5.09 Å². The van der Waals surface area contributed by atoms with Crippen molar-refractivity contribution in [3.63, 3.8) is 0 Å². The van der Waals surface area contributed by atoms with Crippen LogP contribution in [-0.4, -0.2) is 6.66 Å². The highest BCUT2D eigenvalue weighted by Crippen LogP contribution is 2.30. The molecule has 128 valence electrons. The summed E-state index contributed by atoms with van der Waals surface area (Å²) in [5.74, 6) is 2.70. The first-order valence-electron chi connectivity index (χ1n) is 8.58. The lowest BCUT2D eigenvalue weighted by molar-refractivity contribution is 0.978. The number of terminal acetylenes is 1. The van der Waals surface area contributed by atoms with Gasteiger partial charge in [-0.15, -0.1) is 6.42 Å². The van der Waals surface area contributed by atoms with Crippen LogP contribution in [0.1, 0.15) is 32.3 Å². The smallest absolute Gasteiger partial charge is 0.0168 e. The lowest BCUT2D eigenvalue weighted by atomic mass is 9.94. The summed E-state index contributed by atoms with van der Waals surface area (Å²) < 4.78 is 0. The van der Waals surface area contributed by atoms with Gasteiger partial charge in [-0.05, 0) is 67.9 Å². The molecule has 0 fully saturated rings. The predicted octanol–water partition coefficient (Wildman–Crippen LogP) is 5.70. The van der Waals surface area contributed by atoms with Crippen LogP contribution in [0, 0.1) is 12.3 Å². The van der Waals surface area contributed by atoms with Gasteiger partial charge in [-0.1, -0.05) is 60.6 Å². The van der Waals surface area contributed by atoms with E-state index in [0.29, 0.717) is 0 Å². The van der Waals surface area contributed by atoms with Gasteiger partial charge in [-0.2, -0.15) is 0 Å². The molecular formula is C23H26NP. The van der Waals surface area contributed by atoms with Gasteiger partial charge in [0.1, 0.15) is 0 Å². The highest BCUT2D eigenvalue weighted by molar-refractivity contribution is 7.63. The van der Waals surface area contributed by atoms with Gasteiger partial charge in [0, 0.05) is 13.4 Å². The molecule has 0 aliphatic heterocycles. The van der Waals surface area contributed by atoms with E-state index in [4.69, 9.17) is 6.42 Å². The Morgan fingerprint density at radius 2 is 2.12 bits per heavy atom. The third kappa shape index (κ3) is 5.35. The molecule has 0 saturated heterocycles. The van der Waals surface area contributed by atoms with Crippen LogP contribution in [0.4, 0.5) is 0 Å². The van der Waals surface area contributed by atoms with Gasteiger partial charge in [0.15, 0.2) is 0 Å². The fourth-order valence-electron chi connectivity index (χ4n) is 2.83. The summed E-state index contributed by atoms with van der Waals surface area (Å²) in [7, 11) is -0.445. The molecule has 1 aromatic rings. The number of hydrogen-bond donors (Lipinski definition) is 1. The Morgan fingerprint density at radius 3 is 2.80 bits per heavy atom. The van der Waals surface area contributed by atoms with Crippen LogP contribution in [0.15, 0.2) is 78.1 Å². The first-order valence-corrected chi connectivity index (χ1v) is 10.4. The zero-order valence-corrected chi connectivity index (χ0v) is 16.2. The van der Waals surface area contributed by atoms with Crippen molar-refractivity contribution in [1.29, 1.82) is 0 Å². The second-order valence-electron chi connectivity index (χ2n) is 5.96. The molecule has 2 rings (SSSR count). The van der Waals surface area contributed by atoms with Gasteiger partial charge in [-0.25, -0.2) is 0 Å². The quantitative estimate of drug-likeness (QED) is 0.395. The molecule has 1 aliphatic rings. The van der Waals surface area contributed by atoms with E-state index in [1.54, 1.807) is 0 Å². The normalized spacial score (nSPS) is 16.5. The molecule has 1 atom stereocenters. The summed E-state index contributed by atoms with van der Waals surface area (Å²) >= 11 is 0. The van der Waals surface area contributed by atoms with E-state index in [-0.39, 0.29) is 0 Å². The molecule has 0 saturated carbocycles. The molecule has 1 aliphatic carbocycles. The molecule has 1 nitrogen and oxygen atoms in total. The number of allylic oxidation sites excluding steroid dienone is 9. The lowest BCUT2D eigenvalue weighted by Gasteiger charge is -2.18. The summed E-state index contributed by atoms with van der Waals surface area (Å²) in [6.07, 6.45) is 22.3. The highest BCUT2D eigenvalue weighted by atomic mass is 31.1. The van der Waals surface area contributed by atoms with Gasteiger partial charge < -0.3 is 5.09 Å². The Morgan fingerprint density at radius 1 is 1.32 bits per heavy atom. The fourth-order valence-corrected chi connectivity index (χ4v) is 4.26. The SMILES string of the molecule is C#C/C=C(\C=C(/C)c1ccccc1P(C)N/C=C\C)C1=CC=CCC1. The van der Waals surface area contributed by atoms with Crippen molar-refractivity contribution < 1.29 is 0 Å². The first-order chi connectivity index (χ1) is 12.2. The third-order valence-electron chi connectivity index (χ3n) is 4.12. The molecule has 0 amide bonds. The minimum Gasteiger partial charge on any atom is -0.367 e. The van der Waals surface area contributed by atoms with Crippen molar-refractivity contribution in [3.8, 4) is 12.3 Å². The minimum absolute atomic E-state index is 0.445. The van der Waals surface area contributed by atoms with E-state index in [0.717, 1.165) is 18.4 Å². The first kappa shape index (κ1) is 19.0. The Labute approximate surface area is 153 Å². The second-order valence-corrected chi connectivity index (χ2v) is 7.82. The van der Waals surface area contributed by atoms with Gasteiger partial charge in [0.2, 0.25) is 0 Å². The summed E-state index contributed by atoms with van der Waals surface area (Å²) in [4.78, 5) is 0. The molecule has 0 radical (unpaired) electrons. The van der Waals surface area contributed by atoms with E-state index in [1.165, 1.54) is 22.0 Å². The van der Waals surface area contributed by atoms with Crippen LogP contribution in [0.2, 0.25) is 0 Å². The van der Waals surface area contributed by atoms with Crippen LogP contribution in [0.25, 0.3) is 5.57 Å². The van der Waals surface area contributed by atoms with Crippen molar-refractivity contribution in [3.05, 3.63) is 83.6 Å². The van der Waals surface area contributed by atoms with Crippen LogP contribution < -0.4 is 10.4 Å². The number of hydrogen-bond acceptors (Lipinski definition) is 1. The van der Waals surface area contributed by atoms with Crippen LogP contribution in [0.5, 0.6) is 0 Å². The van der Waals surface area contributed by atoms with Crippen LogP contribution >= 0.6 is 8.07 Å². The maximum atomic E-state index is 5.57. The van der Waals surface area contributed by atoms with Gasteiger partial charge in [-0.3, -0.25) is 0 Å². The predicted molar refractivity (Wildman–Crippen MR) is 114 cm³/mol. The molecule has 0 heterocycles. The van der Waals surface area contributed by atoms with E-state index < -0.39 is 8.07 Å². The largest absolute Gasteiger partial charge is 0.367 e. The summed E-state index contributed by atoms with van der Waals surface area (Å²) in [5.41, 5.74) is 4.97. The average Bonchev–Trinajstić information content (AvgIpc) is 2.66. The molecule has 1 aromatic carbocycles. The Kier molecular flexibility index (Phi) is 7.52. The number of nitrogens with one attached hydrogen (secondary N) is 1. The molecule has 2 heteroatoms. The highest BCUT2D eigenvalue weighted by Gasteiger charge is 2.11. The van der Waals surface area contributed by atoms with Crippen LogP contribution in [0.3, 0.4) is 0 Å². The molecule has 0 spiro atoms. The zero-order chi connectivity index (χ0) is 18.1. The zero-order valence-electron chi connectivity index (χ0n) is 15.3. The Hall–Kier alpha value is -2.29. The molecule has 1 unspecified atom stereocenters. The monoisotopic (exact) mass is 347 g/mol. The third-order valence-corrected chi connectivity index (χ3v) is 5.77. The summed E-state index contributed by atoms with van der Waals surface area (Å²) in [6, 6.07) is 8.61. The average molecular weight is 347 g/mol. The van der Waals surface area contributed by atoms with E-state index in [9.17, 15) is 0 Å². The Balaban J connectivity index is 2.38. The van der Waals surface area contributed by atoms with Crippen molar-refractivity contribution in [2.45, 2.75) is 26.7 Å².